The summed E-state index contributed by atoms with van der Waals surface area (Å²) >= 11 is 4.84. The SMILES string of the molecule is S=c1nc(CCOc2ccccc2)[nH][nH]1. The molecule has 0 radical (unpaired) electrons. The van der Waals surface area contributed by atoms with Crippen LogP contribution in [0.25, 0.3) is 0 Å². The number of hydrogen-bond donors (Lipinski definition) is 2. The van der Waals surface area contributed by atoms with Crippen LogP contribution in [0.1, 0.15) is 5.82 Å². The Labute approximate surface area is 92.3 Å². The van der Waals surface area contributed by atoms with E-state index >= 15 is 0 Å². The van der Waals surface area contributed by atoms with Gasteiger partial charge in [-0.1, -0.05) is 18.2 Å². The van der Waals surface area contributed by atoms with E-state index in [0.29, 0.717) is 17.8 Å². The van der Waals surface area contributed by atoms with Crippen LogP contribution in [0.4, 0.5) is 0 Å². The summed E-state index contributed by atoms with van der Waals surface area (Å²) in [7, 11) is 0. The molecule has 0 amide bonds. The maximum absolute atomic E-state index is 5.51. The average Bonchev–Trinajstić information content (AvgIpc) is 2.66. The van der Waals surface area contributed by atoms with Crippen LogP contribution in [0, 0.1) is 4.77 Å². The van der Waals surface area contributed by atoms with Crippen LogP contribution < -0.4 is 4.74 Å². The van der Waals surface area contributed by atoms with Gasteiger partial charge in [-0.05, 0) is 24.4 Å². The van der Waals surface area contributed by atoms with E-state index < -0.39 is 0 Å². The zero-order chi connectivity index (χ0) is 10.5. The van der Waals surface area contributed by atoms with Gasteiger partial charge in [0.15, 0.2) is 0 Å². The van der Waals surface area contributed by atoms with Crippen molar-refractivity contribution in [1.82, 2.24) is 15.2 Å². The van der Waals surface area contributed by atoms with Crippen molar-refractivity contribution >= 4 is 12.2 Å². The predicted octanol–water partition coefficient (Wildman–Crippen LogP) is 2.09. The fourth-order valence-corrected chi connectivity index (χ4v) is 1.37. The third kappa shape index (κ3) is 2.92. The van der Waals surface area contributed by atoms with Gasteiger partial charge in [0.2, 0.25) is 4.77 Å². The van der Waals surface area contributed by atoms with Gasteiger partial charge in [0, 0.05) is 6.42 Å². The molecule has 2 N–H and O–H groups in total. The Morgan fingerprint density at radius 3 is 2.67 bits per heavy atom. The second kappa shape index (κ2) is 4.75. The molecule has 0 aliphatic rings. The number of hydrogen-bond acceptors (Lipinski definition) is 3. The molecule has 1 aromatic heterocycles. The lowest BCUT2D eigenvalue weighted by Gasteiger charge is -2.03. The lowest BCUT2D eigenvalue weighted by Crippen LogP contribution is -2.02. The van der Waals surface area contributed by atoms with Crippen molar-refractivity contribution in [2.45, 2.75) is 6.42 Å². The van der Waals surface area contributed by atoms with Gasteiger partial charge in [-0.25, -0.2) is 4.98 Å². The third-order valence-corrected chi connectivity index (χ3v) is 2.09. The van der Waals surface area contributed by atoms with Crippen LogP contribution in [0.15, 0.2) is 30.3 Å². The van der Waals surface area contributed by atoms with E-state index in [2.05, 4.69) is 15.2 Å². The molecule has 2 aromatic rings. The van der Waals surface area contributed by atoms with E-state index in [1.54, 1.807) is 0 Å². The number of nitrogens with one attached hydrogen (secondary N) is 2. The van der Waals surface area contributed by atoms with E-state index in [9.17, 15) is 0 Å². The number of aromatic amines is 2. The monoisotopic (exact) mass is 221 g/mol. The molecule has 0 saturated heterocycles. The second-order valence-corrected chi connectivity index (χ2v) is 3.41. The fourth-order valence-electron chi connectivity index (χ4n) is 1.20. The lowest BCUT2D eigenvalue weighted by molar-refractivity contribution is 0.319. The van der Waals surface area contributed by atoms with Crippen molar-refractivity contribution in [3.05, 3.63) is 40.9 Å². The predicted molar refractivity (Wildman–Crippen MR) is 59.4 cm³/mol. The molecule has 5 heteroatoms. The Morgan fingerprint density at radius 1 is 1.20 bits per heavy atom. The first-order valence-electron chi connectivity index (χ1n) is 4.66. The number of rotatable bonds is 4. The minimum Gasteiger partial charge on any atom is -0.493 e. The maximum atomic E-state index is 5.51. The van der Waals surface area contributed by atoms with Crippen molar-refractivity contribution < 1.29 is 4.74 Å². The zero-order valence-electron chi connectivity index (χ0n) is 8.06. The maximum Gasteiger partial charge on any atom is 0.213 e. The Hall–Kier alpha value is -1.62. The average molecular weight is 221 g/mol. The molecule has 0 saturated carbocycles. The lowest BCUT2D eigenvalue weighted by atomic mass is 10.3. The molecule has 0 aliphatic heterocycles. The molecule has 0 spiro atoms. The fraction of sp³-hybridized carbons (Fsp3) is 0.200. The Morgan fingerprint density at radius 2 is 2.00 bits per heavy atom. The Kier molecular flexibility index (Phi) is 3.14. The van der Waals surface area contributed by atoms with E-state index in [-0.39, 0.29) is 0 Å². The topological polar surface area (TPSA) is 53.7 Å². The van der Waals surface area contributed by atoms with E-state index in [1.807, 2.05) is 30.3 Å². The van der Waals surface area contributed by atoms with Gasteiger partial charge in [-0.2, -0.15) is 0 Å². The quantitative estimate of drug-likeness (QED) is 0.777. The highest BCUT2D eigenvalue weighted by Gasteiger charge is 1.97. The third-order valence-electron chi connectivity index (χ3n) is 1.90. The van der Waals surface area contributed by atoms with Gasteiger partial charge in [0.25, 0.3) is 0 Å². The van der Waals surface area contributed by atoms with Crippen molar-refractivity contribution in [2.75, 3.05) is 6.61 Å². The number of H-pyrrole nitrogens is 2. The normalized spacial score (nSPS) is 10.1. The van der Waals surface area contributed by atoms with Crippen molar-refractivity contribution in [1.29, 1.82) is 0 Å². The highest BCUT2D eigenvalue weighted by Crippen LogP contribution is 2.08. The van der Waals surface area contributed by atoms with Crippen LogP contribution >= 0.6 is 12.2 Å². The molecule has 4 nitrogen and oxygen atoms in total. The molecule has 0 atom stereocenters. The van der Waals surface area contributed by atoms with Crippen LogP contribution in [0.5, 0.6) is 5.75 Å². The van der Waals surface area contributed by atoms with Crippen molar-refractivity contribution in [2.24, 2.45) is 0 Å². The van der Waals surface area contributed by atoms with E-state index in [0.717, 1.165) is 11.6 Å². The van der Waals surface area contributed by atoms with Gasteiger partial charge in [0.1, 0.15) is 11.6 Å². The Balaban J connectivity index is 1.83. The number of para-hydroxylation sites is 1. The van der Waals surface area contributed by atoms with Gasteiger partial charge in [-0.15, -0.1) is 0 Å². The standard InChI is InChI=1S/C10H11N3OS/c15-10-11-9(12-13-10)6-7-14-8-4-2-1-3-5-8/h1-5H,6-7H2,(H2,11,12,13,15). The van der Waals surface area contributed by atoms with Crippen LogP contribution in [0.3, 0.4) is 0 Å². The van der Waals surface area contributed by atoms with E-state index in [4.69, 9.17) is 17.0 Å². The molecule has 78 valence electrons. The van der Waals surface area contributed by atoms with Gasteiger partial charge in [-0.3, -0.25) is 10.2 Å². The smallest absolute Gasteiger partial charge is 0.213 e. The molecule has 0 fully saturated rings. The summed E-state index contributed by atoms with van der Waals surface area (Å²) < 4.78 is 5.99. The molecule has 1 aromatic carbocycles. The first-order valence-corrected chi connectivity index (χ1v) is 5.07. The second-order valence-electron chi connectivity index (χ2n) is 3.03. The zero-order valence-corrected chi connectivity index (χ0v) is 8.88. The van der Waals surface area contributed by atoms with Crippen molar-refractivity contribution in [3.63, 3.8) is 0 Å². The molecule has 0 unspecified atom stereocenters. The number of ether oxygens (including phenoxy) is 1. The van der Waals surface area contributed by atoms with Gasteiger partial charge < -0.3 is 4.74 Å². The highest BCUT2D eigenvalue weighted by molar-refractivity contribution is 7.71. The number of benzene rings is 1. The first kappa shape index (κ1) is 9.92. The van der Waals surface area contributed by atoms with Crippen LogP contribution in [-0.2, 0) is 6.42 Å². The molecular formula is C10H11N3OS. The molecule has 0 aliphatic carbocycles. The molecule has 15 heavy (non-hydrogen) atoms. The summed E-state index contributed by atoms with van der Waals surface area (Å²) in [4.78, 5) is 4.07. The van der Waals surface area contributed by atoms with Crippen molar-refractivity contribution in [3.8, 4) is 5.75 Å². The molecule has 0 bridgehead atoms. The largest absolute Gasteiger partial charge is 0.493 e. The molecule has 1 heterocycles. The van der Waals surface area contributed by atoms with Crippen LogP contribution in [0.2, 0.25) is 0 Å². The minimum atomic E-state index is 0.477. The summed E-state index contributed by atoms with van der Waals surface area (Å²) in [6.45, 7) is 0.583. The van der Waals surface area contributed by atoms with Crippen LogP contribution in [-0.4, -0.2) is 21.8 Å². The summed E-state index contributed by atoms with van der Waals surface area (Å²) in [5.74, 6) is 1.68. The minimum absolute atomic E-state index is 0.477. The highest BCUT2D eigenvalue weighted by atomic mass is 32.1. The molecule has 2 rings (SSSR count). The van der Waals surface area contributed by atoms with E-state index in [1.165, 1.54) is 0 Å². The Bertz CT molecular complexity index is 463. The van der Waals surface area contributed by atoms with Gasteiger partial charge in [0.05, 0.1) is 6.61 Å². The summed E-state index contributed by atoms with van der Waals surface area (Å²) in [5, 5.41) is 5.61. The molecular weight excluding hydrogens is 210 g/mol. The van der Waals surface area contributed by atoms with Gasteiger partial charge >= 0.3 is 0 Å². The summed E-state index contributed by atoms with van der Waals surface area (Å²) in [5.41, 5.74) is 0. The number of aromatic nitrogens is 3. The first-order chi connectivity index (χ1) is 7.34. The number of nitrogens with zero attached hydrogens (tertiary/aromatic N) is 1. The summed E-state index contributed by atoms with van der Waals surface area (Å²) in [6.07, 6.45) is 0.710. The summed E-state index contributed by atoms with van der Waals surface area (Å²) in [6, 6.07) is 9.69.